The van der Waals surface area contributed by atoms with Gasteiger partial charge in [-0.3, -0.25) is 15.4 Å². The van der Waals surface area contributed by atoms with E-state index in [1.54, 1.807) is 20.8 Å². The summed E-state index contributed by atoms with van der Waals surface area (Å²) in [5.41, 5.74) is -1.00. The van der Waals surface area contributed by atoms with E-state index in [0.29, 0.717) is 5.56 Å². The van der Waals surface area contributed by atoms with Gasteiger partial charge in [0.15, 0.2) is 0 Å². The molecule has 0 saturated carbocycles. The molecule has 0 bridgehead atoms. The van der Waals surface area contributed by atoms with Crippen LogP contribution in [0.4, 0.5) is 16.2 Å². The Morgan fingerprint density at radius 2 is 1.88 bits per heavy atom. The summed E-state index contributed by atoms with van der Waals surface area (Å²) in [6, 6.07) is 2.32. The van der Waals surface area contributed by atoms with Gasteiger partial charge in [-0.15, -0.1) is 0 Å². The maximum Gasteiger partial charge on any atom is 0.412 e. The number of amides is 1. The molecule has 0 aliphatic rings. The Balaban J connectivity index is 3.32. The van der Waals surface area contributed by atoms with Crippen molar-refractivity contribution in [2.24, 2.45) is 0 Å². The molecule has 1 aromatic rings. The number of hydrogen-bond donors (Lipinski definition) is 1. The molecule has 0 aromatic heterocycles. The van der Waals surface area contributed by atoms with Crippen LogP contribution in [-0.2, 0) is 20.8 Å². The zero-order valence-electron chi connectivity index (χ0n) is 14.2. The van der Waals surface area contributed by atoms with Crippen molar-refractivity contribution < 1.29 is 28.7 Å². The Bertz CT molecular complexity index is 650. The quantitative estimate of drug-likeness (QED) is 0.497. The van der Waals surface area contributed by atoms with Gasteiger partial charge in [0, 0.05) is 13.2 Å². The zero-order chi connectivity index (χ0) is 18.5. The van der Waals surface area contributed by atoms with Crippen molar-refractivity contribution in [2.45, 2.75) is 33.0 Å². The number of esters is 1. The first-order chi connectivity index (χ1) is 11.1. The van der Waals surface area contributed by atoms with Gasteiger partial charge >= 0.3 is 12.1 Å². The zero-order valence-corrected chi connectivity index (χ0v) is 14.2. The number of nitro groups is 1. The molecule has 0 heterocycles. The fourth-order valence-electron chi connectivity index (χ4n) is 1.87. The first-order valence-electron chi connectivity index (χ1n) is 6.97. The molecule has 0 atom stereocenters. The fraction of sp³-hybridized carbons (Fsp3) is 0.467. The third-order valence-electron chi connectivity index (χ3n) is 2.76. The third-order valence-corrected chi connectivity index (χ3v) is 2.76. The average Bonchev–Trinajstić information content (AvgIpc) is 2.44. The largest absolute Gasteiger partial charge is 0.465 e. The molecular weight excluding hydrogens is 320 g/mol. The highest BCUT2D eigenvalue weighted by molar-refractivity contribution is 5.95. The molecule has 0 fully saturated rings. The van der Waals surface area contributed by atoms with Crippen LogP contribution in [0, 0.1) is 10.1 Å². The molecule has 0 aliphatic carbocycles. The van der Waals surface area contributed by atoms with Crippen molar-refractivity contribution in [3.8, 4) is 0 Å². The average molecular weight is 340 g/mol. The van der Waals surface area contributed by atoms with Gasteiger partial charge < -0.3 is 14.2 Å². The Morgan fingerprint density at radius 3 is 2.33 bits per heavy atom. The molecule has 9 nitrogen and oxygen atoms in total. The number of anilines is 1. The summed E-state index contributed by atoms with van der Waals surface area (Å²) in [6.45, 7) is 5.00. The number of carbonyl (C=O) groups is 2. The van der Waals surface area contributed by atoms with Gasteiger partial charge in [0.2, 0.25) is 0 Å². The van der Waals surface area contributed by atoms with Crippen LogP contribution in [-0.4, -0.2) is 36.8 Å². The second kappa shape index (κ2) is 7.73. The van der Waals surface area contributed by atoms with Crippen molar-refractivity contribution >= 4 is 23.4 Å². The van der Waals surface area contributed by atoms with Gasteiger partial charge in [0.1, 0.15) is 11.3 Å². The second-order valence-electron chi connectivity index (χ2n) is 5.84. The van der Waals surface area contributed by atoms with Crippen LogP contribution in [0.3, 0.4) is 0 Å². The molecule has 1 aromatic carbocycles. The molecule has 1 N–H and O–H groups in total. The number of nitrogens with one attached hydrogen (secondary N) is 1. The van der Waals surface area contributed by atoms with E-state index in [4.69, 9.17) is 9.47 Å². The van der Waals surface area contributed by atoms with Crippen LogP contribution in [0.1, 0.15) is 36.7 Å². The van der Waals surface area contributed by atoms with Crippen LogP contribution < -0.4 is 5.32 Å². The van der Waals surface area contributed by atoms with Crippen molar-refractivity contribution in [1.82, 2.24) is 0 Å². The minimum Gasteiger partial charge on any atom is -0.465 e. The standard InChI is InChI=1S/C15H20N2O7/c1-15(2,3)24-14(19)16-11-6-9(8-22-4)10(13(18)23-5)7-12(11)17(20)21/h6-7H,8H2,1-5H3,(H,16,19). The minimum atomic E-state index is -0.847. The van der Waals surface area contributed by atoms with Gasteiger partial charge in [-0.25, -0.2) is 9.59 Å². The molecular formula is C15H20N2O7. The van der Waals surface area contributed by atoms with Gasteiger partial charge in [0.25, 0.3) is 5.69 Å². The lowest BCUT2D eigenvalue weighted by Crippen LogP contribution is -2.27. The number of benzene rings is 1. The van der Waals surface area contributed by atoms with E-state index in [2.05, 4.69) is 10.1 Å². The number of nitro benzene ring substituents is 1. The predicted molar refractivity (Wildman–Crippen MR) is 85.0 cm³/mol. The van der Waals surface area contributed by atoms with E-state index >= 15 is 0 Å². The monoisotopic (exact) mass is 340 g/mol. The maximum absolute atomic E-state index is 11.9. The van der Waals surface area contributed by atoms with Gasteiger partial charge in [0.05, 0.1) is 24.2 Å². The molecule has 9 heteroatoms. The topological polar surface area (TPSA) is 117 Å². The highest BCUT2D eigenvalue weighted by atomic mass is 16.6. The van der Waals surface area contributed by atoms with Gasteiger partial charge in [-0.1, -0.05) is 0 Å². The molecule has 0 saturated heterocycles. The van der Waals surface area contributed by atoms with Crippen LogP contribution >= 0.6 is 0 Å². The summed E-state index contributed by atoms with van der Waals surface area (Å²) >= 11 is 0. The Kier molecular flexibility index (Phi) is 6.24. The SMILES string of the molecule is COCc1cc(NC(=O)OC(C)(C)C)c([N+](=O)[O-])cc1C(=O)OC. The predicted octanol–water partition coefficient (Wildman–Crippen LogP) is 2.87. The number of hydrogen-bond acceptors (Lipinski definition) is 7. The molecule has 0 spiro atoms. The van der Waals surface area contributed by atoms with Gasteiger partial charge in [-0.2, -0.15) is 0 Å². The Hall–Kier alpha value is -2.68. The second-order valence-corrected chi connectivity index (χ2v) is 5.84. The summed E-state index contributed by atoms with van der Waals surface area (Å²) in [5, 5.41) is 13.6. The summed E-state index contributed by atoms with van der Waals surface area (Å²) in [6.07, 6.45) is -0.847. The van der Waals surface area contributed by atoms with E-state index in [1.165, 1.54) is 13.2 Å². The number of carbonyl (C=O) groups excluding carboxylic acids is 2. The van der Waals surface area contributed by atoms with E-state index in [1.807, 2.05) is 0 Å². The highest BCUT2D eigenvalue weighted by Gasteiger charge is 2.25. The number of methoxy groups -OCH3 is 2. The summed E-state index contributed by atoms with van der Waals surface area (Å²) in [4.78, 5) is 34.2. The smallest absolute Gasteiger partial charge is 0.412 e. The fourth-order valence-corrected chi connectivity index (χ4v) is 1.87. The third kappa shape index (κ3) is 5.20. The molecule has 0 unspecified atom stereocenters. The van der Waals surface area contributed by atoms with Crippen molar-refractivity contribution in [1.29, 1.82) is 0 Å². The number of ether oxygens (including phenoxy) is 3. The number of rotatable bonds is 5. The lowest BCUT2D eigenvalue weighted by molar-refractivity contribution is -0.384. The van der Waals surface area contributed by atoms with Crippen LogP contribution in [0.15, 0.2) is 12.1 Å². The molecule has 132 valence electrons. The molecule has 0 aliphatic heterocycles. The van der Waals surface area contributed by atoms with Crippen LogP contribution in [0.5, 0.6) is 0 Å². The van der Waals surface area contributed by atoms with E-state index in [0.717, 1.165) is 13.2 Å². The normalized spacial score (nSPS) is 10.9. The van der Waals surface area contributed by atoms with Crippen molar-refractivity contribution in [2.75, 3.05) is 19.5 Å². The Morgan fingerprint density at radius 1 is 1.25 bits per heavy atom. The molecule has 0 radical (unpaired) electrons. The number of nitrogens with zero attached hydrogens (tertiary/aromatic N) is 1. The summed E-state index contributed by atoms with van der Waals surface area (Å²) in [7, 11) is 2.57. The molecule has 24 heavy (non-hydrogen) atoms. The van der Waals surface area contributed by atoms with Crippen molar-refractivity contribution in [3.63, 3.8) is 0 Å². The summed E-state index contributed by atoms with van der Waals surface area (Å²) in [5.74, 6) is -0.742. The van der Waals surface area contributed by atoms with Crippen molar-refractivity contribution in [3.05, 3.63) is 33.4 Å². The van der Waals surface area contributed by atoms with E-state index in [9.17, 15) is 19.7 Å². The van der Waals surface area contributed by atoms with Crippen LogP contribution in [0.2, 0.25) is 0 Å². The molecule has 1 amide bonds. The Labute approximate surface area is 139 Å². The molecule has 1 rings (SSSR count). The lowest BCUT2D eigenvalue weighted by atomic mass is 10.1. The van der Waals surface area contributed by atoms with Crippen LogP contribution in [0.25, 0.3) is 0 Å². The van der Waals surface area contributed by atoms with E-state index in [-0.39, 0.29) is 17.9 Å². The summed E-state index contributed by atoms with van der Waals surface area (Å²) < 4.78 is 14.7. The first kappa shape index (κ1) is 19.4. The lowest BCUT2D eigenvalue weighted by Gasteiger charge is -2.20. The maximum atomic E-state index is 11.9. The highest BCUT2D eigenvalue weighted by Crippen LogP contribution is 2.30. The first-order valence-corrected chi connectivity index (χ1v) is 6.97. The van der Waals surface area contributed by atoms with E-state index < -0.39 is 28.3 Å². The minimum absolute atomic E-state index is 0.00538. The van der Waals surface area contributed by atoms with Gasteiger partial charge in [-0.05, 0) is 32.4 Å².